The molecule has 0 saturated heterocycles. The third-order valence-corrected chi connectivity index (χ3v) is 3.21. The molecule has 2 N–H and O–H groups in total. The lowest BCUT2D eigenvalue weighted by atomic mass is 10.1. The zero-order chi connectivity index (χ0) is 13.8. The average molecular weight is 259 g/mol. The summed E-state index contributed by atoms with van der Waals surface area (Å²) in [5.41, 5.74) is 7.35. The number of hydrogen-bond acceptors (Lipinski definition) is 4. The van der Waals surface area contributed by atoms with Gasteiger partial charge in [-0.05, 0) is 24.6 Å². The molecule has 0 spiro atoms. The summed E-state index contributed by atoms with van der Waals surface area (Å²) < 4.78 is 1.68. The van der Waals surface area contributed by atoms with E-state index in [4.69, 9.17) is 5.73 Å². The van der Waals surface area contributed by atoms with Gasteiger partial charge in [-0.1, -0.05) is 12.1 Å². The van der Waals surface area contributed by atoms with Crippen LogP contribution in [0.15, 0.2) is 36.9 Å². The van der Waals surface area contributed by atoms with Crippen molar-refractivity contribution in [3.05, 3.63) is 42.5 Å². The smallest absolute Gasteiger partial charge is 0.236 e. The Bertz CT molecular complexity index is 535. The lowest BCUT2D eigenvalue weighted by Gasteiger charge is -2.25. The highest BCUT2D eigenvalue weighted by Crippen LogP contribution is 2.20. The van der Waals surface area contributed by atoms with Crippen LogP contribution >= 0.6 is 0 Å². The minimum absolute atomic E-state index is 0.0131. The molecule has 1 atom stereocenters. The van der Waals surface area contributed by atoms with E-state index >= 15 is 0 Å². The maximum absolute atomic E-state index is 11.6. The Hall–Kier alpha value is -2.21. The Kier molecular flexibility index (Phi) is 3.91. The molecule has 1 aromatic heterocycles. The van der Waals surface area contributed by atoms with Crippen LogP contribution in [-0.4, -0.2) is 39.2 Å². The molecule has 0 aliphatic heterocycles. The molecular weight excluding hydrogens is 242 g/mol. The van der Waals surface area contributed by atoms with Gasteiger partial charge in [0.05, 0.1) is 18.3 Å². The topological polar surface area (TPSA) is 77.0 Å². The Morgan fingerprint density at radius 1 is 1.42 bits per heavy atom. The van der Waals surface area contributed by atoms with E-state index in [9.17, 15) is 4.79 Å². The van der Waals surface area contributed by atoms with E-state index in [1.165, 1.54) is 6.33 Å². The minimum Gasteiger partial charge on any atom is -0.338 e. The van der Waals surface area contributed by atoms with E-state index in [0.717, 1.165) is 11.3 Å². The van der Waals surface area contributed by atoms with Crippen molar-refractivity contribution in [1.29, 1.82) is 0 Å². The van der Waals surface area contributed by atoms with Crippen molar-refractivity contribution in [2.24, 2.45) is 5.73 Å². The first-order valence-electron chi connectivity index (χ1n) is 6.04. The lowest BCUT2D eigenvalue weighted by molar-refractivity contribution is -0.130. The van der Waals surface area contributed by atoms with Crippen LogP contribution in [0.3, 0.4) is 0 Å². The number of carbonyl (C=O) groups excluding carboxylic acids is 1. The molecule has 19 heavy (non-hydrogen) atoms. The number of nitrogens with two attached hydrogens (primary N) is 1. The van der Waals surface area contributed by atoms with Crippen LogP contribution in [0.4, 0.5) is 0 Å². The van der Waals surface area contributed by atoms with Crippen LogP contribution in [0.1, 0.15) is 18.5 Å². The van der Waals surface area contributed by atoms with Gasteiger partial charge in [0.25, 0.3) is 0 Å². The summed E-state index contributed by atoms with van der Waals surface area (Å²) >= 11 is 0. The SMILES string of the molecule is CC(c1ccc(-n2cncn2)cc1)N(C)C(=O)CN. The number of carbonyl (C=O) groups is 1. The molecule has 1 unspecified atom stereocenters. The molecule has 0 saturated carbocycles. The second kappa shape index (κ2) is 5.62. The fourth-order valence-corrected chi connectivity index (χ4v) is 1.83. The van der Waals surface area contributed by atoms with Crippen molar-refractivity contribution >= 4 is 5.91 Å². The average Bonchev–Trinajstić information content (AvgIpc) is 2.99. The van der Waals surface area contributed by atoms with Gasteiger partial charge in [-0.2, -0.15) is 5.10 Å². The van der Waals surface area contributed by atoms with Gasteiger partial charge in [0, 0.05) is 7.05 Å². The van der Waals surface area contributed by atoms with Crippen LogP contribution in [0.25, 0.3) is 5.69 Å². The van der Waals surface area contributed by atoms with Crippen molar-refractivity contribution in [3.8, 4) is 5.69 Å². The van der Waals surface area contributed by atoms with Gasteiger partial charge in [-0.3, -0.25) is 4.79 Å². The largest absolute Gasteiger partial charge is 0.338 e. The molecule has 2 aromatic rings. The zero-order valence-corrected chi connectivity index (χ0v) is 11.0. The molecule has 2 rings (SSSR count). The summed E-state index contributed by atoms with van der Waals surface area (Å²) in [6.45, 7) is 2.00. The van der Waals surface area contributed by atoms with Gasteiger partial charge in [0.1, 0.15) is 12.7 Å². The summed E-state index contributed by atoms with van der Waals surface area (Å²) in [4.78, 5) is 17.1. The van der Waals surface area contributed by atoms with Crippen LogP contribution < -0.4 is 5.73 Å². The van der Waals surface area contributed by atoms with Gasteiger partial charge in [0.15, 0.2) is 0 Å². The number of amides is 1. The molecular formula is C13H17N5O. The van der Waals surface area contributed by atoms with Gasteiger partial charge >= 0.3 is 0 Å². The Balaban J connectivity index is 2.16. The number of aromatic nitrogens is 3. The maximum Gasteiger partial charge on any atom is 0.236 e. The number of hydrogen-bond donors (Lipinski definition) is 1. The summed E-state index contributed by atoms with van der Waals surface area (Å²) in [6.07, 6.45) is 3.13. The monoisotopic (exact) mass is 259 g/mol. The second-order valence-electron chi connectivity index (χ2n) is 4.32. The Morgan fingerprint density at radius 3 is 2.63 bits per heavy atom. The first kappa shape index (κ1) is 13.2. The quantitative estimate of drug-likeness (QED) is 0.878. The highest BCUT2D eigenvalue weighted by atomic mass is 16.2. The molecule has 6 heteroatoms. The minimum atomic E-state index is -0.0761. The summed E-state index contributed by atoms with van der Waals surface area (Å²) in [5, 5.41) is 4.06. The number of benzene rings is 1. The predicted molar refractivity (Wildman–Crippen MR) is 71.6 cm³/mol. The molecule has 0 aliphatic rings. The van der Waals surface area contributed by atoms with Gasteiger partial charge in [0.2, 0.25) is 5.91 Å². The van der Waals surface area contributed by atoms with E-state index in [-0.39, 0.29) is 18.5 Å². The van der Waals surface area contributed by atoms with Crippen LogP contribution in [-0.2, 0) is 4.79 Å². The Labute approximate surface area is 111 Å². The lowest BCUT2D eigenvalue weighted by Crippen LogP contribution is -2.34. The van der Waals surface area contributed by atoms with Crippen molar-refractivity contribution in [2.45, 2.75) is 13.0 Å². The number of nitrogens with zero attached hydrogens (tertiary/aromatic N) is 4. The Morgan fingerprint density at radius 2 is 2.11 bits per heavy atom. The highest BCUT2D eigenvalue weighted by molar-refractivity contribution is 5.78. The van der Waals surface area contributed by atoms with Crippen molar-refractivity contribution < 1.29 is 4.79 Å². The molecule has 1 amide bonds. The van der Waals surface area contributed by atoms with E-state index in [0.29, 0.717) is 0 Å². The normalized spacial score (nSPS) is 12.2. The molecule has 0 aliphatic carbocycles. The van der Waals surface area contributed by atoms with Gasteiger partial charge < -0.3 is 10.6 Å². The van der Waals surface area contributed by atoms with Crippen molar-refractivity contribution in [3.63, 3.8) is 0 Å². The van der Waals surface area contributed by atoms with E-state index in [2.05, 4.69) is 10.1 Å². The first-order chi connectivity index (χ1) is 9.13. The molecule has 100 valence electrons. The third kappa shape index (κ3) is 2.79. The van der Waals surface area contributed by atoms with E-state index in [1.54, 1.807) is 23.0 Å². The highest BCUT2D eigenvalue weighted by Gasteiger charge is 2.15. The van der Waals surface area contributed by atoms with Crippen molar-refractivity contribution in [1.82, 2.24) is 19.7 Å². The van der Waals surface area contributed by atoms with E-state index in [1.807, 2.05) is 31.2 Å². The fraction of sp³-hybridized carbons (Fsp3) is 0.308. The zero-order valence-electron chi connectivity index (χ0n) is 11.0. The summed E-state index contributed by atoms with van der Waals surface area (Å²) in [5.74, 6) is -0.0761. The molecule has 1 aromatic carbocycles. The summed E-state index contributed by atoms with van der Waals surface area (Å²) in [7, 11) is 1.76. The standard InChI is InChI=1S/C13H17N5O/c1-10(17(2)13(19)7-14)11-3-5-12(6-4-11)18-9-15-8-16-18/h3-6,8-10H,7,14H2,1-2H3. The fourth-order valence-electron chi connectivity index (χ4n) is 1.83. The molecule has 0 fully saturated rings. The van der Waals surface area contributed by atoms with Crippen molar-refractivity contribution in [2.75, 3.05) is 13.6 Å². The molecule has 0 radical (unpaired) electrons. The van der Waals surface area contributed by atoms with Crippen LogP contribution in [0.5, 0.6) is 0 Å². The maximum atomic E-state index is 11.6. The summed E-state index contributed by atoms with van der Waals surface area (Å²) in [6, 6.07) is 7.83. The van der Waals surface area contributed by atoms with E-state index < -0.39 is 0 Å². The van der Waals surface area contributed by atoms with Crippen LogP contribution in [0.2, 0.25) is 0 Å². The predicted octanol–water partition coefficient (Wildman–Crippen LogP) is 0.745. The van der Waals surface area contributed by atoms with Gasteiger partial charge in [-0.25, -0.2) is 9.67 Å². The number of rotatable bonds is 4. The molecule has 6 nitrogen and oxygen atoms in total. The second-order valence-corrected chi connectivity index (χ2v) is 4.32. The van der Waals surface area contributed by atoms with Gasteiger partial charge in [-0.15, -0.1) is 0 Å². The first-order valence-corrected chi connectivity index (χ1v) is 6.04. The third-order valence-electron chi connectivity index (χ3n) is 3.21. The number of likely N-dealkylation sites (N-methyl/N-ethyl adjacent to an activating group) is 1. The molecule has 1 heterocycles. The molecule has 0 bridgehead atoms. The van der Waals surface area contributed by atoms with Crippen LogP contribution in [0, 0.1) is 0 Å².